The highest BCUT2D eigenvalue weighted by Gasteiger charge is 2.18. The maximum atomic E-state index is 6.34. The Morgan fingerprint density at radius 3 is 1.27 bits per heavy atom. The van der Waals surface area contributed by atoms with Gasteiger partial charge in [0.15, 0.2) is 0 Å². The molecule has 0 saturated heterocycles. The standard InChI is InChI=1S/C60H38N2O/c1-3-14-39(15-4-1)44-32-45(40-16-5-2-6-17-40)34-46(33-44)41-18-13-19-47(35-41)61-55-23-10-7-20-49(55)53-36-42(26-30-57(53)61)43-27-31-58-54(37-43)50-21-8-11-24-56(50)62(58)48-28-29-52-51-22-9-12-25-59(51)63-60(52)38-48/h1-38H. The normalized spacial score (nSPS) is 11.8. The molecule has 3 aromatic heterocycles. The number of para-hydroxylation sites is 3. The molecule has 13 aromatic rings. The van der Waals surface area contributed by atoms with E-state index in [2.05, 4.69) is 228 Å². The van der Waals surface area contributed by atoms with Gasteiger partial charge in [0, 0.05) is 49.8 Å². The number of nitrogens with zero attached hydrogens (tertiary/aromatic N) is 2. The second kappa shape index (κ2) is 14.1. The van der Waals surface area contributed by atoms with Gasteiger partial charge in [-0.1, -0.05) is 140 Å². The lowest BCUT2D eigenvalue weighted by Gasteiger charge is -2.14. The molecule has 0 saturated carbocycles. The van der Waals surface area contributed by atoms with Crippen LogP contribution in [0.4, 0.5) is 0 Å². The van der Waals surface area contributed by atoms with Gasteiger partial charge < -0.3 is 13.6 Å². The molecule has 0 aliphatic carbocycles. The van der Waals surface area contributed by atoms with Crippen molar-refractivity contribution in [2.24, 2.45) is 0 Å². The Hall–Kier alpha value is -8.40. The first-order valence-electron chi connectivity index (χ1n) is 21.6. The van der Waals surface area contributed by atoms with Gasteiger partial charge >= 0.3 is 0 Å². The van der Waals surface area contributed by atoms with Gasteiger partial charge in [-0.05, 0) is 129 Å². The molecular weight excluding hydrogens is 765 g/mol. The van der Waals surface area contributed by atoms with Gasteiger partial charge in [-0.25, -0.2) is 0 Å². The van der Waals surface area contributed by atoms with E-state index in [0.29, 0.717) is 0 Å². The molecule has 3 nitrogen and oxygen atoms in total. The van der Waals surface area contributed by atoms with Crippen molar-refractivity contribution in [2.45, 2.75) is 0 Å². The summed E-state index contributed by atoms with van der Waals surface area (Å²) in [4.78, 5) is 0. The van der Waals surface area contributed by atoms with E-state index in [1.54, 1.807) is 0 Å². The third kappa shape index (κ3) is 5.75. The number of hydrogen-bond donors (Lipinski definition) is 0. The van der Waals surface area contributed by atoms with Crippen molar-refractivity contribution in [3.63, 3.8) is 0 Å². The fraction of sp³-hybridized carbons (Fsp3) is 0. The van der Waals surface area contributed by atoms with Crippen molar-refractivity contribution in [3.05, 3.63) is 231 Å². The monoisotopic (exact) mass is 802 g/mol. The fourth-order valence-electron chi connectivity index (χ4n) is 9.93. The lowest BCUT2D eigenvalue weighted by molar-refractivity contribution is 0.668. The van der Waals surface area contributed by atoms with E-state index in [1.807, 2.05) is 12.1 Å². The van der Waals surface area contributed by atoms with Crippen LogP contribution in [0.2, 0.25) is 0 Å². The Kier molecular flexibility index (Phi) is 7.91. The van der Waals surface area contributed by atoms with Gasteiger partial charge in [0.1, 0.15) is 11.2 Å². The molecule has 63 heavy (non-hydrogen) atoms. The van der Waals surface area contributed by atoms with E-state index in [0.717, 1.165) is 38.8 Å². The van der Waals surface area contributed by atoms with Crippen molar-refractivity contribution in [3.8, 4) is 55.9 Å². The highest BCUT2D eigenvalue weighted by atomic mass is 16.3. The molecule has 0 aliphatic heterocycles. The molecule has 294 valence electrons. The first-order valence-corrected chi connectivity index (χ1v) is 21.6. The average Bonchev–Trinajstić information content (AvgIpc) is 4.01. The molecule has 0 unspecified atom stereocenters. The van der Waals surface area contributed by atoms with Crippen molar-refractivity contribution in [2.75, 3.05) is 0 Å². The summed E-state index contributed by atoms with van der Waals surface area (Å²) in [6.07, 6.45) is 0. The van der Waals surface area contributed by atoms with Crippen LogP contribution in [0.25, 0.3) is 121 Å². The highest BCUT2D eigenvalue weighted by molar-refractivity contribution is 6.13. The molecule has 0 atom stereocenters. The molecule has 13 rings (SSSR count). The Labute approximate surface area is 363 Å². The van der Waals surface area contributed by atoms with Crippen LogP contribution in [0, 0.1) is 0 Å². The third-order valence-corrected chi connectivity index (χ3v) is 12.9. The van der Waals surface area contributed by atoms with Crippen molar-refractivity contribution >= 4 is 65.6 Å². The number of fused-ring (bicyclic) bond motifs is 9. The van der Waals surface area contributed by atoms with Gasteiger partial charge in [0.2, 0.25) is 0 Å². The van der Waals surface area contributed by atoms with E-state index >= 15 is 0 Å². The quantitative estimate of drug-likeness (QED) is 0.164. The van der Waals surface area contributed by atoms with Crippen LogP contribution in [0.15, 0.2) is 235 Å². The van der Waals surface area contributed by atoms with Crippen LogP contribution >= 0.6 is 0 Å². The minimum absolute atomic E-state index is 0.893. The number of furan rings is 1. The van der Waals surface area contributed by atoms with Crippen LogP contribution in [0.1, 0.15) is 0 Å². The van der Waals surface area contributed by atoms with Crippen LogP contribution < -0.4 is 0 Å². The maximum Gasteiger partial charge on any atom is 0.137 e. The zero-order chi connectivity index (χ0) is 41.4. The van der Waals surface area contributed by atoms with Crippen LogP contribution in [-0.4, -0.2) is 9.13 Å². The van der Waals surface area contributed by atoms with E-state index in [4.69, 9.17) is 4.42 Å². The number of aromatic nitrogens is 2. The van der Waals surface area contributed by atoms with Gasteiger partial charge in [-0.15, -0.1) is 0 Å². The van der Waals surface area contributed by atoms with Crippen LogP contribution in [0.5, 0.6) is 0 Å². The maximum absolute atomic E-state index is 6.34. The molecular formula is C60H38N2O. The molecule has 10 aromatic carbocycles. The van der Waals surface area contributed by atoms with Gasteiger partial charge in [0.25, 0.3) is 0 Å². The topological polar surface area (TPSA) is 23.0 Å². The average molecular weight is 803 g/mol. The molecule has 0 N–H and O–H groups in total. The summed E-state index contributed by atoms with van der Waals surface area (Å²) in [5.74, 6) is 0. The van der Waals surface area contributed by atoms with Crippen LogP contribution in [0.3, 0.4) is 0 Å². The largest absolute Gasteiger partial charge is 0.456 e. The first kappa shape index (κ1) is 35.4. The van der Waals surface area contributed by atoms with Gasteiger partial charge in [-0.3, -0.25) is 0 Å². The summed E-state index contributed by atoms with van der Waals surface area (Å²) < 4.78 is 11.1. The molecule has 0 fully saturated rings. The Balaban J connectivity index is 0.927. The summed E-state index contributed by atoms with van der Waals surface area (Å²) in [5.41, 5.74) is 18.3. The number of rotatable bonds is 6. The van der Waals surface area contributed by atoms with Crippen LogP contribution in [-0.2, 0) is 0 Å². The molecule has 0 aliphatic rings. The summed E-state index contributed by atoms with van der Waals surface area (Å²) in [6, 6.07) is 83.6. The predicted octanol–water partition coefficient (Wildman–Crippen LogP) is 16.4. The Morgan fingerprint density at radius 2 is 0.667 bits per heavy atom. The second-order valence-electron chi connectivity index (χ2n) is 16.5. The van der Waals surface area contributed by atoms with E-state index in [9.17, 15) is 0 Å². The minimum atomic E-state index is 0.893. The zero-order valence-electron chi connectivity index (χ0n) is 34.2. The smallest absolute Gasteiger partial charge is 0.137 e. The second-order valence-corrected chi connectivity index (χ2v) is 16.5. The lowest BCUT2D eigenvalue weighted by atomic mass is 9.93. The summed E-state index contributed by atoms with van der Waals surface area (Å²) in [6.45, 7) is 0. The van der Waals surface area contributed by atoms with E-state index in [-0.39, 0.29) is 0 Å². The summed E-state index contributed by atoms with van der Waals surface area (Å²) >= 11 is 0. The highest BCUT2D eigenvalue weighted by Crippen LogP contribution is 2.40. The third-order valence-electron chi connectivity index (χ3n) is 12.9. The molecule has 3 heterocycles. The molecule has 0 radical (unpaired) electrons. The number of hydrogen-bond acceptors (Lipinski definition) is 1. The van der Waals surface area contributed by atoms with Crippen molar-refractivity contribution < 1.29 is 4.42 Å². The van der Waals surface area contributed by atoms with Gasteiger partial charge in [0.05, 0.1) is 22.1 Å². The Bertz CT molecular complexity index is 3850. The minimum Gasteiger partial charge on any atom is -0.456 e. The first-order chi connectivity index (χ1) is 31.2. The van der Waals surface area contributed by atoms with Crippen molar-refractivity contribution in [1.29, 1.82) is 0 Å². The SMILES string of the molecule is c1ccc(-c2cc(-c3ccccc3)cc(-c3cccc(-n4c5ccccc5c5cc(-c6ccc7c(c6)c6ccccc6n7-c6ccc7c(c6)oc6ccccc67)ccc54)c3)c2)cc1. The summed E-state index contributed by atoms with van der Waals surface area (Å²) in [5, 5.41) is 7.18. The molecule has 0 amide bonds. The number of benzene rings is 10. The molecule has 0 spiro atoms. The fourth-order valence-corrected chi connectivity index (χ4v) is 9.93. The van der Waals surface area contributed by atoms with Crippen molar-refractivity contribution in [1.82, 2.24) is 9.13 Å². The van der Waals surface area contributed by atoms with E-state index < -0.39 is 0 Å². The van der Waals surface area contributed by atoms with E-state index in [1.165, 1.54) is 82.6 Å². The Morgan fingerprint density at radius 1 is 0.222 bits per heavy atom. The molecule has 3 heteroatoms. The summed E-state index contributed by atoms with van der Waals surface area (Å²) in [7, 11) is 0. The lowest BCUT2D eigenvalue weighted by Crippen LogP contribution is -1.94. The predicted molar refractivity (Wildman–Crippen MR) is 264 cm³/mol. The molecule has 0 bridgehead atoms. The zero-order valence-corrected chi connectivity index (χ0v) is 34.2. The van der Waals surface area contributed by atoms with Gasteiger partial charge in [-0.2, -0.15) is 0 Å².